The van der Waals surface area contributed by atoms with Crippen molar-refractivity contribution in [3.05, 3.63) is 45.4 Å². The molecule has 0 aliphatic carbocycles. The molecule has 0 radical (unpaired) electrons. The monoisotopic (exact) mass is 336 g/mol. The molecule has 21 heavy (non-hydrogen) atoms. The van der Waals surface area contributed by atoms with Gasteiger partial charge in [0.25, 0.3) is 10.0 Å². The van der Waals surface area contributed by atoms with Crippen LogP contribution >= 0.6 is 11.3 Å². The molecule has 0 amide bonds. The first-order valence-electron chi connectivity index (χ1n) is 5.70. The smallest absolute Gasteiger partial charge is 0.263 e. The number of aryl methyl sites for hydroxylation is 1. The first-order valence-corrected chi connectivity index (χ1v) is 8.07. The second-order valence-electron chi connectivity index (χ2n) is 4.23. The van der Waals surface area contributed by atoms with Gasteiger partial charge in [0.05, 0.1) is 5.69 Å². The van der Waals surface area contributed by atoms with Crippen LogP contribution in [0.2, 0.25) is 0 Å². The van der Waals surface area contributed by atoms with Crippen molar-refractivity contribution in [2.45, 2.75) is 18.4 Å². The molecule has 3 N–H and O–H groups in total. The van der Waals surface area contributed by atoms with Crippen molar-refractivity contribution in [3.63, 3.8) is 0 Å². The lowest BCUT2D eigenvalue weighted by Gasteiger charge is -2.10. The molecule has 2 aromatic rings. The highest BCUT2D eigenvalue weighted by atomic mass is 32.2. The van der Waals surface area contributed by atoms with Crippen molar-refractivity contribution in [1.82, 2.24) is 0 Å². The molecule has 0 aliphatic rings. The van der Waals surface area contributed by atoms with Crippen LogP contribution in [0.5, 0.6) is 0 Å². The van der Waals surface area contributed by atoms with Crippen molar-refractivity contribution in [1.29, 1.82) is 0 Å². The quantitative estimate of drug-likeness (QED) is 0.843. The van der Waals surface area contributed by atoms with Crippen LogP contribution in [0, 0.1) is 24.4 Å². The molecule has 0 aliphatic heterocycles. The van der Waals surface area contributed by atoms with E-state index < -0.39 is 33.2 Å². The Morgan fingerprint density at radius 1 is 1.24 bits per heavy atom. The van der Waals surface area contributed by atoms with Gasteiger partial charge in [-0.05, 0) is 17.9 Å². The van der Waals surface area contributed by atoms with E-state index in [9.17, 15) is 21.6 Å². The Labute approximate surface area is 123 Å². The van der Waals surface area contributed by atoms with E-state index >= 15 is 0 Å². The standard InChI is InChI=1S/C12H11F3N2O2S2/c1-6-5-20-10(4-16)12(6)21(18,19)17-7-2-8(13)11(15)9(14)3-7/h2-3,5,17H,4,16H2,1H3. The van der Waals surface area contributed by atoms with E-state index in [1.54, 1.807) is 12.3 Å². The molecule has 0 fully saturated rings. The first kappa shape index (κ1) is 15.8. The molecule has 2 rings (SSSR count). The Kier molecular flexibility index (Phi) is 4.26. The summed E-state index contributed by atoms with van der Waals surface area (Å²) in [6.07, 6.45) is 0. The number of nitrogens with one attached hydrogen (secondary N) is 1. The van der Waals surface area contributed by atoms with Gasteiger partial charge in [-0.1, -0.05) is 0 Å². The number of thiophene rings is 1. The molecule has 0 saturated heterocycles. The number of rotatable bonds is 4. The van der Waals surface area contributed by atoms with Crippen LogP contribution in [0.1, 0.15) is 10.4 Å². The van der Waals surface area contributed by atoms with Gasteiger partial charge in [0.2, 0.25) is 0 Å². The van der Waals surface area contributed by atoms with E-state index in [1.165, 1.54) is 11.3 Å². The van der Waals surface area contributed by atoms with Gasteiger partial charge in [-0.2, -0.15) is 0 Å². The predicted molar refractivity (Wildman–Crippen MR) is 74.1 cm³/mol. The molecule has 0 spiro atoms. The molecular formula is C12H11F3N2O2S2. The van der Waals surface area contributed by atoms with Crippen LogP contribution in [0.25, 0.3) is 0 Å². The second kappa shape index (κ2) is 5.66. The van der Waals surface area contributed by atoms with Crippen LogP contribution in [0.3, 0.4) is 0 Å². The third-order valence-electron chi connectivity index (χ3n) is 2.68. The number of benzene rings is 1. The van der Waals surface area contributed by atoms with Gasteiger partial charge in [-0.3, -0.25) is 4.72 Å². The normalized spacial score (nSPS) is 11.7. The SMILES string of the molecule is Cc1csc(CN)c1S(=O)(=O)Nc1cc(F)c(F)c(F)c1. The third kappa shape index (κ3) is 3.04. The molecule has 1 aromatic heterocycles. The summed E-state index contributed by atoms with van der Waals surface area (Å²) in [5, 5.41) is 1.61. The lowest BCUT2D eigenvalue weighted by Crippen LogP contribution is -2.16. The van der Waals surface area contributed by atoms with Crippen LogP contribution in [0.4, 0.5) is 18.9 Å². The topological polar surface area (TPSA) is 72.2 Å². The van der Waals surface area contributed by atoms with Gasteiger partial charge < -0.3 is 5.73 Å². The Balaban J connectivity index is 2.45. The second-order valence-corrected chi connectivity index (χ2v) is 6.82. The summed E-state index contributed by atoms with van der Waals surface area (Å²) in [6.45, 7) is 1.59. The zero-order valence-corrected chi connectivity index (χ0v) is 12.4. The van der Waals surface area contributed by atoms with Gasteiger partial charge >= 0.3 is 0 Å². The molecule has 114 valence electrons. The van der Waals surface area contributed by atoms with Crippen molar-refractivity contribution in [2.24, 2.45) is 5.73 Å². The average Bonchev–Trinajstić information content (AvgIpc) is 2.77. The van der Waals surface area contributed by atoms with E-state index in [0.717, 1.165) is 0 Å². The van der Waals surface area contributed by atoms with E-state index in [-0.39, 0.29) is 11.4 Å². The highest BCUT2D eigenvalue weighted by Gasteiger charge is 2.23. The Morgan fingerprint density at radius 2 is 1.81 bits per heavy atom. The fourth-order valence-electron chi connectivity index (χ4n) is 1.81. The molecule has 0 saturated carbocycles. The van der Waals surface area contributed by atoms with Crippen molar-refractivity contribution >= 4 is 27.0 Å². The van der Waals surface area contributed by atoms with E-state index in [4.69, 9.17) is 5.73 Å². The Morgan fingerprint density at radius 3 is 2.33 bits per heavy atom. The van der Waals surface area contributed by atoms with Gasteiger partial charge in [-0.15, -0.1) is 11.3 Å². The lowest BCUT2D eigenvalue weighted by atomic mass is 10.3. The van der Waals surface area contributed by atoms with Crippen LogP contribution in [0.15, 0.2) is 22.4 Å². The minimum Gasteiger partial charge on any atom is -0.326 e. The van der Waals surface area contributed by atoms with Crippen molar-refractivity contribution in [3.8, 4) is 0 Å². The summed E-state index contributed by atoms with van der Waals surface area (Å²) >= 11 is 1.17. The van der Waals surface area contributed by atoms with Gasteiger partial charge in [-0.25, -0.2) is 21.6 Å². The predicted octanol–water partition coefficient (Wildman–Crippen LogP) is 2.73. The maximum absolute atomic E-state index is 13.1. The summed E-state index contributed by atoms with van der Waals surface area (Å²) in [6, 6.07) is 1.14. The minimum atomic E-state index is -4.07. The van der Waals surface area contributed by atoms with Gasteiger partial charge in [0.1, 0.15) is 4.90 Å². The fourth-order valence-corrected chi connectivity index (χ4v) is 4.55. The fraction of sp³-hybridized carbons (Fsp3) is 0.167. The summed E-state index contributed by atoms with van der Waals surface area (Å²) in [4.78, 5) is 0.392. The molecule has 0 bridgehead atoms. The minimum absolute atomic E-state index is 0.0148. The van der Waals surface area contributed by atoms with Crippen molar-refractivity contribution < 1.29 is 21.6 Å². The number of nitrogens with two attached hydrogens (primary N) is 1. The van der Waals surface area contributed by atoms with Crippen LogP contribution in [-0.2, 0) is 16.6 Å². The summed E-state index contributed by atoms with van der Waals surface area (Å²) in [5.41, 5.74) is 5.54. The maximum Gasteiger partial charge on any atom is 0.263 e. The first-order chi connectivity index (χ1) is 9.76. The Hall–Kier alpha value is -1.58. The van der Waals surface area contributed by atoms with E-state index in [0.29, 0.717) is 22.6 Å². The van der Waals surface area contributed by atoms with E-state index in [2.05, 4.69) is 0 Å². The molecule has 1 aromatic carbocycles. The third-order valence-corrected chi connectivity index (χ3v) is 5.55. The molecule has 9 heteroatoms. The highest BCUT2D eigenvalue weighted by molar-refractivity contribution is 7.93. The molecule has 4 nitrogen and oxygen atoms in total. The number of halogens is 3. The lowest BCUT2D eigenvalue weighted by molar-refractivity contribution is 0.448. The van der Waals surface area contributed by atoms with Gasteiger partial charge in [0, 0.05) is 23.6 Å². The molecular weight excluding hydrogens is 325 g/mol. The number of hydrogen-bond acceptors (Lipinski definition) is 4. The highest BCUT2D eigenvalue weighted by Crippen LogP contribution is 2.29. The summed E-state index contributed by atoms with van der Waals surface area (Å²) < 4.78 is 65.7. The van der Waals surface area contributed by atoms with E-state index in [1.807, 2.05) is 4.72 Å². The average molecular weight is 336 g/mol. The summed E-state index contributed by atoms with van der Waals surface area (Å²) in [7, 11) is -4.07. The molecule has 0 atom stereocenters. The Bertz CT molecular complexity index is 765. The summed E-state index contributed by atoms with van der Waals surface area (Å²) in [5.74, 6) is -4.62. The molecule has 0 unspecified atom stereocenters. The van der Waals surface area contributed by atoms with Gasteiger partial charge in [0.15, 0.2) is 17.5 Å². The zero-order valence-electron chi connectivity index (χ0n) is 10.8. The van der Waals surface area contributed by atoms with Crippen LogP contribution in [-0.4, -0.2) is 8.42 Å². The molecule has 1 heterocycles. The number of sulfonamides is 1. The number of anilines is 1. The largest absolute Gasteiger partial charge is 0.326 e. The zero-order chi connectivity index (χ0) is 15.8. The maximum atomic E-state index is 13.1. The number of hydrogen-bond donors (Lipinski definition) is 2. The van der Waals surface area contributed by atoms with Crippen molar-refractivity contribution in [2.75, 3.05) is 4.72 Å². The van der Waals surface area contributed by atoms with Crippen LogP contribution < -0.4 is 10.5 Å².